The van der Waals surface area contributed by atoms with Gasteiger partial charge in [0.1, 0.15) is 0 Å². The van der Waals surface area contributed by atoms with Crippen LogP contribution in [0.4, 0.5) is 0 Å². The number of rotatable bonds is 6. The first kappa shape index (κ1) is 19.4. The molecule has 2 heteroatoms. The maximum absolute atomic E-state index is 13.3. The molecule has 29 heavy (non-hydrogen) atoms. The average Bonchev–Trinajstić information content (AvgIpc) is 3.02. The molecule has 0 unspecified atom stereocenters. The lowest BCUT2D eigenvalue weighted by atomic mass is 9.95. The Bertz CT molecular complexity index is 1190. The molecular formula is C27H29NO. The fourth-order valence-corrected chi connectivity index (χ4v) is 4.46. The van der Waals surface area contributed by atoms with Crippen LogP contribution >= 0.6 is 0 Å². The summed E-state index contributed by atoms with van der Waals surface area (Å²) in [5.74, 6) is 0.242. The minimum Gasteiger partial charge on any atom is -0.339 e. The third-order valence-electron chi connectivity index (χ3n) is 5.87. The third-order valence-corrected chi connectivity index (χ3v) is 5.87. The molecule has 0 aliphatic carbocycles. The normalized spacial score (nSPS) is 11.6. The summed E-state index contributed by atoms with van der Waals surface area (Å²) in [6.45, 7) is 9.10. The summed E-state index contributed by atoms with van der Waals surface area (Å²) < 4.78 is 2.39. The number of nitrogens with zero attached hydrogens (tertiary/aromatic N) is 1. The molecule has 3 aromatic carbocycles. The number of benzene rings is 3. The van der Waals surface area contributed by atoms with Crippen molar-refractivity contribution in [1.82, 2.24) is 4.57 Å². The van der Waals surface area contributed by atoms with Crippen LogP contribution in [-0.2, 0) is 13.0 Å². The van der Waals surface area contributed by atoms with Crippen molar-refractivity contribution in [2.45, 2.75) is 47.1 Å². The van der Waals surface area contributed by atoms with Crippen molar-refractivity contribution in [2.24, 2.45) is 5.92 Å². The summed E-state index contributed by atoms with van der Waals surface area (Å²) >= 11 is 0. The molecule has 2 nitrogen and oxygen atoms in total. The Labute approximate surface area is 173 Å². The summed E-state index contributed by atoms with van der Waals surface area (Å²) in [5.41, 5.74) is 5.77. The van der Waals surface area contributed by atoms with Crippen molar-refractivity contribution in [3.05, 3.63) is 83.0 Å². The molecule has 148 valence electrons. The van der Waals surface area contributed by atoms with Gasteiger partial charge in [-0.05, 0) is 41.3 Å². The number of fused-ring (bicyclic) bond motifs is 2. The molecule has 1 aromatic heterocycles. The van der Waals surface area contributed by atoms with Gasteiger partial charge in [-0.3, -0.25) is 4.79 Å². The topological polar surface area (TPSA) is 22.0 Å². The average molecular weight is 384 g/mol. The Morgan fingerprint density at radius 3 is 2.45 bits per heavy atom. The first-order valence-electron chi connectivity index (χ1n) is 10.6. The Morgan fingerprint density at radius 2 is 1.69 bits per heavy atom. The van der Waals surface area contributed by atoms with Gasteiger partial charge in [0.15, 0.2) is 5.78 Å². The quantitative estimate of drug-likeness (QED) is 0.330. The fourth-order valence-electron chi connectivity index (χ4n) is 4.46. The van der Waals surface area contributed by atoms with Gasteiger partial charge in [0.05, 0.1) is 0 Å². The highest BCUT2D eigenvalue weighted by Gasteiger charge is 2.25. The van der Waals surface area contributed by atoms with Gasteiger partial charge in [-0.25, -0.2) is 0 Å². The molecule has 0 aliphatic rings. The molecule has 0 amide bonds. The molecule has 0 atom stereocenters. The number of aryl methyl sites for hydroxylation is 1. The van der Waals surface area contributed by atoms with Gasteiger partial charge in [0, 0.05) is 34.6 Å². The molecular weight excluding hydrogens is 354 g/mol. The first-order chi connectivity index (χ1) is 14.0. The van der Waals surface area contributed by atoms with Gasteiger partial charge < -0.3 is 4.57 Å². The molecule has 0 saturated heterocycles. The van der Waals surface area contributed by atoms with Gasteiger partial charge in [0.2, 0.25) is 0 Å². The second kappa shape index (κ2) is 7.87. The van der Waals surface area contributed by atoms with Crippen molar-refractivity contribution in [2.75, 3.05) is 0 Å². The number of hydrogen-bond donors (Lipinski definition) is 0. The van der Waals surface area contributed by atoms with Crippen LogP contribution < -0.4 is 0 Å². The van der Waals surface area contributed by atoms with Crippen LogP contribution in [0.25, 0.3) is 21.7 Å². The van der Waals surface area contributed by atoms with Crippen LogP contribution in [0.3, 0.4) is 0 Å². The van der Waals surface area contributed by atoms with E-state index in [1.54, 1.807) is 0 Å². The lowest BCUT2D eigenvalue weighted by molar-refractivity contribution is 0.0939. The molecule has 0 radical (unpaired) electrons. The maximum atomic E-state index is 13.3. The van der Waals surface area contributed by atoms with Crippen LogP contribution in [0.2, 0.25) is 0 Å². The van der Waals surface area contributed by atoms with Crippen molar-refractivity contribution in [3.63, 3.8) is 0 Å². The van der Waals surface area contributed by atoms with E-state index >= 15 is 0 Å². The van der Waals surface area contributed by atoms with E-state index in [9.17, 15) is 4.79 Å². The number of hydrogen-bond acceptors (Lipinski definition) is 1. The predicted molar refractivity (Wildman–Crippen MR) is 123 cm³/mol. The Kier molecular flexibility index (Phi) is 5.27. The van der Waals surface area contributed by atoms with Gasteiger partial charge >= 0.3 is 0 Å². The van der Waals surface area contributed by atoms with Crippen LogP contribution in [0.5, 0.6) is 0 Å². The smallest absolute Gasteiger partial charge is 0.167 e. The van der Waals surface area contributed by atoms with E-state index in [1.165, 1.54) is 33.1 Å². The Hall–Kier alpha value is -2.87. The lowest BCUT2D eigenvalue weighted by Gasteiger charge is -2.14. The van der Waals surface area contributed by atoms with E-state index in [1.807, 2.05) is 13.8 Å². The summed E-state index contributed by atoms with van der Waals surface area (Å²) in [4.78, 5) is 13.3. The molecule has 4 rings (SSSR count). The number of aromatic nitrogens is 1. The number of carbonyl (C=O) groups is 1. The van der Waals surface area contributed by atoms with Crippen LogP contribution in [0, 0.1) is 12.8 Å². The fraction of sp³-hybridized carbons (Fsp3) is 0.296. The summed E-state index contributed by atoms with van der Waals surface area (Å²) in [5, 5.41) is 3.67. The van der Waals surface area contributed by atoms with Crippen molar-refractivity contribution < 1.29 is 4.79 Å². The second-order valence-corrected chi connectivity index (χ2v) is 8.28. The summed E-state index contributed by atoms with van der Waals surface area (Å²) in [6.07, 6.45) is 1.93. The zero-order valence-electron chi connectivity index (χ0n) is 17.8. The van der Waals surface area contributed by atoms with E-state index in [-0.39, 0.29) is 11.7 Å². The lowest BCUT2D eigenvalue weighted by Crippen LogP contribution is -2.12. The highest BCUT2D eigenvalue weighted by Crippen LogP contribution is 2.33. The highest BCUT2D eigenvalue weighted by molar-refractivity contribution is 6.11. The zero-order valence-corrected chi connectivity index (χ0v) is 17.8. The standard InChI is InChI=1S/C27H29NO/c1-5-10-23-26(27(29)18(2)3)25-19(4)11-8-16-24(25)28(23)17-21-14-9-13-20-12-6-7-15-22(20)21/h6-9,11-16,18H,5,10,17H2,1-4H3. The van der Waals surface area contributed by atoms with E-state index in [0.717, 1.165) is 30.3 Å². The molecule has 4 aromatic rings. The molecule has 0 aliphatic heterocycles. The van der Waals surface area contributed by atoms with E-state index in [0.29, 0.717) is 0 Å². The zero-order chi connectivity index (χ0) is 20.5. The van der Waals surface area contributed by atoms with Crippen molar-refractivity contribution in [3.8, 4) is 0 Å². The van der Waals surface area contributed by atoms with Gasteiger partial charge in [0.25, 0.3) is 0 Å². The minimum atomic E-state index is -0.0122. The van der Waals surface area contributed by atoms with Crippen molar-refractivity contribution >= 4 is 27.5 Å². The Morgan fingerprint density at radius 1 is 0.966 bits per heavy atom. The van der Waals surface area contributed by atoms with Gasteiger partial charge in [-0.15, -0.1) is 0 Å². The SMILES string of the molecule is CCCc1c(C(=O)C(C)C)c2c(C)cccc2n1Cc1cccc2ccccc12. The molecule has 1 heterocycles. The number of carbonyl (C=O) groups excluding carboxylic acids is 1. The largest absolute Gasteiger partial charge is 0.339 e. The predicted octanol–water partition coefficient (Wildman–Crippen LogP) is 6.94. The van der Waals surface area contributed by atoms with Crippen molar-refractivity contribution in [1.29, 1.82) is 0 Å². The highest BCUT2D eigenvalue weighted by atomic mass is 16.1. The Balaban J connectivity index is 2.00. The third kappa shape index (κ3) is 3.37. The van der Waals surface area contributed by atoms with E-state index in [4.69, 9.17) is 0 Å². The monoisotopic (exact) mass is 383 g/mol. The van der Waals surface area contributed by atoms with E-state index < -0.39 is 0 Å². The molecule has 0 fully saturated rings. The van der Waals surface area contributed by atoms with Gasteiger partial charge in [-0.2, -0.15) is 0 Å². The first-order valence-corrected chi connectivity index (χ1v) is 10.6. The van der Waals surface area contributed by atoms with E-state index in [2.05, 4.69) is 79.1 Å². The minimum absolute atomic E-state index is 0.0122. The van der Waals surface area contributed by atoms with Crippen LogP contribution in [0.1, 0.15) is 54.4 Å². The number of ketones is 1. The van der Waals surface area contributed by atoms with Crippen LogP contribution in [-0.4, -0.2) is 10.4 Å². The molecule has 0 saturated carbocycles. The molecule has 0 bridgehead atoms. The summed E-state index contributed by atoms with van der Waals surface area (Å²) in [7, 11) is 0. The summed E-state index contributed by atoms with van der Waals surface area (Å²) in [6, 6.07) is 21.5. The second-order valence-electron chi connectivity index (χ2n) is 8.28. The maximum Gasteiger partial charge on any atom is 0.167 e. The molecule has 0 spiro atoms. The van der Waals surface area contributed by atoms with Crippen LogP contribution in [0.15, 0.2) is 60.7 Å². The molecule has 0 N–H and O–H groups in total. The van der Waals surface area contributed by atoms with Gasteiger partial charge in [-0.1, -0.05) is 81.8 Å². The number of Topliss-reactive ketones (excluding diaryl/α,β-unsaturated/α-hetero) is 1.